The van der Waals surface area contributed by atoms with Gasteiger partial charge in [-0.3, -0.25) is 0 Å². The van der Waals surface area contributed by atoms with Crippen molar-refractivity contribution in [2.45, 2.75) is 47.0 Å². The standard InChI is InChI=1S/C16H21N3O/c1-11(2)9-19-15-6-5-13(8-17)7-14(15)18-16(19)10-20-12(3)4/h5-7,11-12H,9-10H2,1-4H3. The van der Waals surface area contributed by atoms with Crippen LogP contribution >= 0.6 is 0 Å². The van der Waals surface area contributed by atoms with E-state index >= 15 is 0 Å². The highest BCUT2D eigenvalue weighted by Crippen LogP contribution is 2.20. The molecule has 4 nitrogen and oxygen atoms in total. The van der Waals surface area contributed by atoms with E-state index in [9.17, 15) is 0 Å². The smallest absolute Gasteiger partial charge is 0.136 e. The SMILES string of the molecule is CC(C)Cn1c(COC(C)C)nc2cc(C#N)ccc21. The van der Waals surface area contributed by atoms with Crippen LogP contribution in [0.25, 0.3) is 11.0 Å². The van der Waals surface area contributed by atoms with E-state index in [1.807, 2.05) is 32.0 Å². The summed E-state index contributed by atoms with van der Waals surface area (Å²) in [6.45, 7) is 9.80. The van der Waals surface area contributed by atoms with E-state index in [1.165, 1.54) is 0 Å². The van der Waals surface area contributed by atoms with Crippen molar-refractivity contribution in [3.05, 3.63) is 29.6 Å². The normalized spacial score (nSPS) is 11.4. The first-order valence-corrected chi connectivity index (χ1v) is 7.02. The zero-order valence-electron chi connectivity index (χ0n) is 12.6. The summed E-state index contributed by atoms with van der Waals surface area (Å²) in [6.07, 6.45) is 0.178. The number of imidazole rings is 1. The Kier molecular flexibility index (Phi) is 4.41. The van der Waals surface area contributed by atoms with Gasteiger partial charge >= 0.3 is 0 Å². The van der Waals surface area contributed by atoms with E-state index in [0.29, 0.717) is 18.1 Å². The summed E-state index contributed by atoms with van der Waals surface area (Å²) in [4.78, 5) is 4.63. The Labute approximate surface area is 120 Å². The molecule has 4 heteroatoms. The van der Waals surface area contributed by atoms with Gasteiger partial charge in [0.2, 0.25) is 0 Å². The molecule has 1 aromatic carbocycles. The third-order valence-electron chi connectivity index (χ3n) is 3.05. The molecule has 0 saturated carbocycles. The molecule has 0 radical (unpaired) electrons. The van der Waals surface area contributed by atoms with Crippen LogP contribution in [0.2, 0.25) is 0 Å². The van der Waals surface area contributed by atoms with Crippen LogP contribution in [0.4, 0.5) is 0 Å². The molecular weight excluding hydrogens is 250 g/mol. The summed E-state index contributed by atoms with van der Waals surface area (Å²) in [7, 11) is 0. The summed E-state index contributed by atoms with van der Waals surface area (Å²) < 4.78 is 7.89. The number of ether oxygens (including phenoxy) is 1. The van der Waals surface area contributed by atoms with Crippen LogP contribution in [-0.4, -0.2) is 15.7 Å². The third kappa shape index (κ3) is 3.17. The molecule has 0 unspecified atom stereocenters. The molecule has 1 heterocycles. The molecule has 0 spiro atoms. The maximum atomic E-state index is 8.99. The van der Waals surface area contributed by atoms with Crippen molar-refractivity contribution < 1.29 is 4.74 Å². The molecule has 0 saturated heterocycles. The van der Waals surface area contributed by atoms with Crippen LogP contribution < -0.4 is 0 Å². The lowest BCUT2D eigenvalue weighted by molar-refractivity contribution is 0.0594. The summed E-state index contributed by atoms with van der Waals surface area (Å²) >= 11 is 0. The number of hydrogen-bond acceptors (Lipinski definition) is 3. The molecule has 2 rings (SSSR count). The average Bonchev–Trinajstić information content (AvgIpc) is 2.73. The fourth-order valence-corrected chi connectivity index (χ4v) is 2.17. The molecule has 0 fully saturated rings. The molecule has 1 aromatic heterocycles. The van der Waals surface area contributed by atoms with Gasteiger partial charge in [0.25, 0.3) is 0 Å². The lowest BCUT2D eigenvalue weighted by Crippen LogP contribution is -2.11. The molecule has 106 valence electrons. The Morgan fingerprint density at radius 3 is 2.65 bits per heavy atom. The van der Waals surface area contributed by atoms with Gasteiger partial charge in [-0.15, -0.1) is 0 Å². The highest BCUT2D eigenvalue weighted by molar-refractivity contribution is 5.77. The van der Waals surface area contributed by atoms with E-state index in [-0.39, 0.29) is 6.10 Å². The van der Waals surface area contributed by atoms with Gasteiger partial charge in [-0.05, 0) is 38.0 Å². The van der Waals surface area contributed by atoms with Crippen LogP contribution in [0.1, 0.15) is 39.1 Å². The molecule has 2 aromatic rings. The second kappa shape index (κ2) is 6.06. The van der Waals surface area contributed by atoms with E-state index in [4.69, 9.17) is 10.00 Å². The quantitative estimate of drug-likeness (QED) is 0.836. The van der Waals surface area contributed by atoms with Crippen molar-refractivity contribution in [3.63, 3.8) is 0 Å². The average molecular weight is 271 g/mol. The minimum atomic E-state index is 0.178. The minimum absolute atomic E-state index is 0.178. The van der Waals surface area contributed by atoms with Crippen LogP contribution in [0, 0.1) is 17.2 Å². The zero-order valence-corrected chi connectivity index (χ0v) is 12.6. The van der Waals surface area contributed by atoms with Gasteiger partial charge in [-0.25, -0.2) is 4.98 Å². The van der Waals surface area contributed by atoms with Crippen molar-refractivity contribution in [3.8, 4) is 6.07 Å². The topological polar surface area (TPSA) is 50.8 Å². The van der Waals surface area contributed by atoms with Gasteiger partial charge in [0.15, 0.2) is 0 Å². The molecule has 0 aliphatic carbocycles. The second-order valence-electron chi connectivity index (χ2n) is 5.71. The maximum absolute atomic E-state index is 8.99. The monoisotopic (exact) mass is 271 g/mol. The van der Waals surface area contributed by atoms with Crippen LogP contribution in [-0.2, 0) is 17.9 Å². The van der Waals surface area contributed by atoms with Gasteiger partial charge in [-0.2, -0.15) is 5.26 Å². The number of nitriles is 1. The lowest BCUT2D eigenvalue weighted by Gasteiger charge is -2.13. The number of hydrogen-bond donors (Lipinski definition) is 0. The molecule has 0 N–H and O–H groups in total. The number of nitrogens with zero attached hydrogens (tertiary/aromatic N) is 3. The zero-order chi connectivity index (χ0) is 14.7. The molecule has 0 amide bonds. The highest BCUT2D eigenvalue weighted by Gasteiger charge is 2.13. The van der Waals surface area contributed by atoms with Gasteiger partial charge < -0.3 is 9.30 Å². The Balaban J connectivity index is 2.45. The Hall–Kier alpha value is -1.86. The Morgan fingerprint density at radius 1 is 1.30 bits per heavy atom. The summed E-state index contributed by atoms with van der Waals surface area (Å²) in [5.41, 5.74) is 2.58. The van der Waals surface area contributed by atoms with Crippen LogP contribution in [0.5, 0.6) is 0 Å². The largest absolute Gasteiger partial charge is 0.371 e. The highest BCUT2D eigenvalue weighted by atomic mass is 16.5. The van der Waals surface area contributed by atoms with E-state index in [1.54, 1.807) is 0 Å². The molecule has 0 bridgehead atoms. The third-order valence-corrected chi connectivity index (χ3v) is 3.05. The number of benzene rings is 1. The predicted molar refractivity (Wildman–Crippen MR) is 79.2 cm³/mol. The molecule has 0 aliphatic heterocycles. The fourth-order valence-electron chi connectivity index (χ4n) is 2.17. The lowest BCUT2D eigenvalue weighted by atomic mass is 10.2. The van der Waals surface area contributed by atoms with Gasteiger partial charge in [-0.1, -0.05) is 13.8 Å². The molecule has 20 heavy (non-hydrogen) atoms. The van der Waals surface area contributed by atoms with Crippen molar-refractivity contribution in [1.82, 2.24) is 9.55 Å². The Morgan fingerprint density at radius 2 is 2.05 bits per heavy atom. The second-order valence-corrected chi connectivity index (χ2v) is 5.71. The molecule has 0 aliphatic rings. The van der Waals surface area contributed by atoms with E-state index in [0.717, 1.165) is 23.4 Å². The molecular formula is C16H21N3O. The van der Waals surface area contributed by atoms with Crippen molar-refractivity contribution >= 4 is 11.0 Å². The van der Waals surface area contributed by atoms with E-state index < -0.39 is 0 Å². The summed E-state index contributed by atoms with van der Waals surface area (Å²) in [5.74, 6) is 1.46. The number of rotatable bonds is 5. The first kappa shape index (κ1) is 14.5. The number of fused-ring (bicyclic) bond motifs is 1. The van der Waals surface area contributed by atoms with Gasteiger partial charge in [0.05, 0.1) is 28.8 Å². The molecule has 0 atom stereocenters. The van der Waals surface area contributed by atoms with E-state index in [2.05, 4.69) is 29.5 Å². The van der Waals surface area contributed by atoms with Crippen molar-refractivity contribution in [2.24, 2.45) is 5.92 Å². The summed E-state index contributed by atoms with van der Waals surface area (Å²) in [6, 6.07) is 7.81. The van der Waals surface area contributed by atoms with Crippen molar-refractivity contribution in [1.29, 1.82) is 5.26 Å². The first-order chi connectivity index (χ1) is 9.51. The predicted octanol–water partition coefficient (Wildman–Crippen LogP) is 3.49. The fraction of sp³-hybridized carbons (Fsp3) is 0.500. The number of aromatic nitrogens is 2. The van der Waals surface area contributed by atoms with Crippen LogP contribution in [0.15, 0.2) is 18.2 Å². The minimum Gasteiger partial charge on any atom is -0.371 e. The van der Waals surface area contributed by atoms with Gasteiger partial charge in [0, 0.05) is 6.54 Å². The maximum Gasteiger partial charge on any atom is 0.136 e. The Bertz CT molecular complexity index is 635. The van der Waals surface area contributed by atoms with Crippen LogP contribution in [0.3, 0.4) is 0 Å². The van der Waals surface area contributed by atoms with Crippen molar-refractivity contribution in [2.75, 3.05) is 0 Å². The first-order valence-electron chi connectivity index (χ1n) is 7.02. The summed E-state index contributed by atoms with van der Waals surface area (Å²) in [5, 5.41) is 8.99. The van der Waals surface area contributed by atoms with Gasteiger partial charge in [0.1, 0.15) is 12.4 Å².